The standard InChI is InChI=1S/C16H15Cl2NO2/c1-3-10-4-6-12(7-5-10)19-16(20)13-8-11(17)9-14(18)15(13)21-2/h4-9H,3H2,1-2H3,(H,19,20). The van der Waals surface area contributed by atoms with Crippen LogP contribution in [0.3, 0.4) is 0 Å². The maximum Gasteiger partial charge on any atom is 0.259 e. The van der Waals surface area contributed by atoms with Gasteiger partial charge in [-0.3, -0.25) is 4.79 Å². The Balaban J connectivity index is 2.27. The molecule has 0 atom stereocenters. The highest BCUT2D eigenvalue weighted by atomic mass is 35.5. The van der Waals surface area contributed by atoms with E-state index >= 15 is 0 Å². The second kappa shape index (κ2) is 6.83. The van der Waals surface area contributed by atoms with Crippen molar-refractivity contribution in [2.45, 2.75) is 13.3 Å². The van der Waals surface area contributed by atoms with Gasteiger partial charge in [-0.1, -0.05) is 42.3 Å². The number of hydrogen-bond acceptors (Lipinski definition) is 2. The minimum Gasteiger partial charge on any atom is -0.494 e. The van der Waals surface area contributed by atoms with Crippen LogP contribution in [-0.2, 0) is 6.42 Å². The Morgan fingerprint density at radius 1 is 1.19 bits per heavy atom. The number of amides is 1. The van der Waals surface area contributed by atoms with E-state index in [4.69, 9.17) is 27.9 Å². The number of carbonyl (C=O) groups excluding carboxylic acids is 1. The maximum absolute atomic E-state index is 12.3. The number of ether oxygens (including phenoxy) is 1. The minimum atomic E-state index is -0.319. The molecule has 1 N–H and O–H groups in total. The molecule has 110 valence electrons. The van der Waals surface area contributed by atoms with E-state index in [0.717, 1.165) is 6.42 Å². The molecule has 0 saturated heterocycles. The van der Waals surface area contributed by atoms with E-state index in [1.54, 1.807) is 0 Å². The monoisotopic (exact) mass is 323 g/mol. The molecule has 0 unspecified atom stereocenters. The van der Waals surface area contributed by atoms with Crippen LogP contribution in [0.2, 0.25) is 10.0 Å². The smallest absolute Gasteiger partial charge is 0.259 e. The number of carbonyl (C=O) groups is 1. The number of anilines is 1. The zero-order chi connectivity index (χ0) is 15.4. The predicted molar refractivity (Wildman–Crippen MR) is 86.8 cm³/mol. The molecule has 21 heavy (non-hydrogen) atoms. The van der Waals surface area contributed by atoms with Crippen molar-refractivity contribution in [3.05, 3.63) is 57.6 Å². The molecule has 0 aliphatic heterocycles. The van der Waals surface area contributed by atoms with Crippen LogP contribution in [0, 0.1) is 0 Å². The van der Waals surface area contributed by atoms with Crippen LogP contribution < -0.4 is 10.1 Å². The number of rotatable bonds is 4. The van der Waals surface area contributed by atoms with Crippen molar-refractivity contribution in [1.29, 1.82) is 0 Å². The van der Waals surface area contributed by atoms with Crippen molar-refractivity contribution >= 4 is 34.8 Å². The molecule has 0 aromatic heterocycles. The summed E-state index contributed by atoms with van der Waals surface area (Å²) in [5, 5.41) is 3.49. The molecule has 0 saturated carbocycles. The molecule has 3 nitrogen and oxygen atoms in total. The molecule has 0 radical (unpaired) electrons. The van der Waals surface area contributed by atoms with Crippen molar-refractivity contribution in [3.63, 3.8) is 0 Å². The van der Waals surface area contributed by atoms with E-state index in [1.807, 2.05) is 24.3 Å². The topological polar surface area (TPSA) is 38.3 Å². The molecular weight excluding hydrogens is 309 g/mol. The summed E-state index contributed by atoms with van der Waals surface area (Å²) in [6, 6.07) is 10.7. The molecule has 0 spiro atoms. The molecular formula is C16H15Cl2NO2. The van der Waals surface area contributed by atoms with E-state index in [1.165, 1.54) is 24.8 Å². The number of nitrogens with one attached hydrogen (secondary N) is 1. The minimum absolute atomic E-state index is 0.301. The first-order valence-electron chi connectivity index (χ1n) is 6.48. The van der Waals surface area contributed by atoms with E-state index < -0.39 is 0 Å². The molecule has 0 bridgehead atoms. The fourth-order valence-electron chi connectivity index (χ4n) is 1.96. The number of halogens is 2. The summed E-state index contributed by atoms with van der Waals surface area (Å²) >= 11 is 12.0. The average Bonchev–Trinajstić information content (AvgIpc) is 2.47. The fourth-order valence-corrected chi connectivity index (χ4v) is 2.53. The van der Waals surface area contributed by atoms with Crippen LogP contribution in [0.15, 0.2) is 36.4 Å². The van der Waals surface area contributed by atoms with Crippen LogP contribution in [0.25, 0.3) is 0 Å². The summed E-state index contributed by atoms with van der Waals surface area (Å²) < 4.78 is 5.18. The van der Waals surface area contributed by atoms with Gasteiger partial charge in [0, 0.05) is 10.7 Å². The first-order valence-corrected chi connectivity index (χ1v) is 7.24. The number of benzene rings is 2. The fraction of sp³-hybridized carbons (Fsp3) is 0.188. The lowest BCUT2D eigenvalue weighted by atomic mass is 10.1. The van der Waals surface area contributed by atoms with Gasteiger partial charge in [0.25, 0.3) is 5.91 Å². The summed E-state index contributed by atoms with van der Waals surface area (Å²) in [4.78, 5) is 12.3. The van der Waals surface area contributed by atoms with Crippen molar-refractivity contribution < 1.29 is 9.53 Å². The summed E-state index contributed by atoms with van der Waals surface area (Å²) in [5.41, 5.74) is 2.21. The molecule has 5 heteroatoms. The lowest BCUT2D eigenvalue weighted by molar-refractivity contribution is 0.102. The summed E-state index contributed by atoms with van der Waals surface area (Å²) in [6.07, 6.45) is 0.950. The maximum atomic E-state index is 12.3. The van der Waals surface area contributed by atoms with Gasteiger partial charge in [-0.05, 0) is 36.2 Å². The van der Waals surface area contributed by atoms with Crippen LogP contribution in [-0.4, -0.2) is 13.0 Å². The quantitative estimate of drug-likeness (QED) is 0.876. The summed E-state index contributed by atoms with van der Waals surface area (Å²) in [5.74, 6) is -0.00996. The molecule has 2 aromatic rings. The van der Waals surface area contributed by atoms with Crippen molar-refractivity contribution in [2.24, 2.45) is 0 Å². The van der Waals surface area contributed by atoms with Gasteiger partial charge in [0.15, 0.2) is 0 Å². The number of hydrogen-bond donors (Lipinski definition) is 1. The van der Waals surface area contributed by atoms with Gasteiger partial charge < -0.3 is 10.1 Å². The highest BCUT2D eigenvalue weighted by Crippen LogP contribution is 2.32. The van der Waals surface area contributed by atoms with Gasteiger partial charge in [-0.2, -0.15) is 0 Å². The summed E-state index contributed by atoms with van der Waals surface area (Å²) in [6.45, 7) is 2.08. The third-order valence-electron chi connectivity index (χ3n) is 3.08. The molecule has 1 amide bonds. The van der Waals surface area contributed by atoms with E-state index in [0.29, 0.717) is 27.0 Å². The van der Waals surface area contributed by atoms with Crippen LogP contribution in [0.1, 0.15) is 22.8 Å². The second-order valence-corrected chi connectivity index (χ2v) is 5.32. The first-order chi connectivity index (χ1) is 10.0. The third kappa shape index (κ3) is 3.69. The van der Waals surface area contributed by atoms with Crippen molar-refractivity contribution in [1.82, 2.24) is 0 Å². The van der Waals surface area contributed by atoms with Gasteiger partial charge in [0.1, 0.15) is 5.75 Å². The van der Waals surface area contributed by atoms with Crippen molar-refractivity contribution in [2.75, 3.05) is 12.4 Å². The Bertz CT molecular complexity index is 654. The van der Waals surface area contributed by atoms with E-state index in [2.05, 4.69) is 12.2 Å². The average molecular weight is 324 g/mol. The Morgan fingerprint density at radius 3 is 2.43 bits per heavy atom. The molecule has 0 aliphatic rings. The summed E-state index contributed by atoms with van der Waals surface area (Å²) in [7, 11) is 1.46. The van der Waals surface area contributed by atoms with Gasteiger partial charge in [-0.25, -0.2) is 0 Å². The molecule has 0 aliphatic carbocycles. The highest BCUT2D eigenvalue weighted by Gasteiger charge is 2.16. The lowest BCUT2D eigenvalue weighted by Crippen LogP contribution is -2.13. The third-order valence-corrected chi connectivity index (χ3v) is 3.58. The molecule has 2 aromatic carbocycles. The number of aryl methyl sites for hydroxylation is 1. The van der Waals surface area contributed by atoms with Crippen LogP contribution >= 0.6 is 23.2 Å². The molecule has 2 rings (SSSR count). The molecule has 0 heterocycles. The van der Waals surface area contributed by atoms with Gasteiger partial charge >= 0.3 is 0 Å². The van der Waals surface area contributed by atoms with E-state index in [-0.39, 0.29) is 5.91 Å². The normalized spacial score (nSPS) is 10.3. The highest BCUT2D eigenvalue weighted by molar-refractivity contribution is 6.36. The Kier molecular flexibility index (Phi) is 5.10. The SMILES string of the molecule is CCc1ccc(NC(=O)c2cc(Cl)cc(Cl)c2OC)cc1. The lowest BCUT2D eigenvalue weighted by Gasteiger charge is -2.11. The number of methoxy groups -OCH3 is 1. The van der Waals surface area contributed by atoms with Crippen molar-refractivity contribution in [3.8, 4) is 5.75 Å². The Labute approximate surface area is 133 Å². The van der Waals surface area contributed by atoms with Gasteiger partial charge in [0.2, 0.25) is 0 Å². The Hall–Kier alpha value is -1.71. The second-order valence-electron chi connectivity index (χ2n) is 4.47. The first kappa shape index (κ1) is 15.7. The van der Waals surface area contributed by atoms with Crippen LogP contribution in [0.5, 0.6) is 5.75 Å². The Morgan fingerprint density at radius 2 is 1.86 bits per heavy atom. The van der Waals surface area contributed by atoms with Gasteiger partial charge in [0.05, 0.1) is 17.7 Å². The largest absolute Gasteiger partial charge is 0.494 e. The van der Waals surface area contributed by atoms with Gasteiger partial charge in [-0.15, -0.1) is 0 Å². The zero-order valence-electron chi connectivity index (χ0n) is 11.7. The van der Waals surface area contributed by atoms with Crippen LogP contribution in [0.4, 0.5) is 5.69 Å². The van der Waals surface area contributed by atoms with E-state index in [9.17, 15) is 4.79 Å². The predicted octanol–water partition coefficient (Wildman–Crippen LogP) is 4.82. The molecule has 0 fully saturated rings. The zero-order valence-corrected chi connectivity index (χ0v) is 13.3.